The monoisotopic (exact) mass is 646 g/mol. The van der Waals surface area contributed by atoms with Crippen molar-refractivity contribution in [3.8, 4) is 0 Å². The van der Waals surface area contributed by atoms with E-state index >= 15 is 0 Å². The Labute approximate surface area is 321 Å². The molecule has 0 fully saturated rings. The van der Waals surface area contributed by atoms with Crippen LogP contribution in [-0.2, 0) is 4.79 Å². The Kier molecular flexibility index (Phi) is 43.2. The van der Waals surface area contributed by atoms with E-state index in [0.717, 1.165) is 45.2 Å². The molecule has 0 radical (unpaired) electrons. The van der Waals surface area contributed by atoms with Gasteiger partial charge in [-0.25, -0.2) is 0 Å². The quantitative estimate of drug-likeness (QED) is 0.0500. The molecular formula is C40H80KNO2. The van der Waals surface area contributed by atoms with E-state index in [1.54, 1.807) is 0 Å². The third-order valence-electron chi connectivity index (χ3n) is 9.64. The second-order valence-corrected chi connectivity index (χ2v) is 13.9. The van der Waals surface area contributed by atoms with E-state index in [1.165, 1.54) is 180 Å². The van der Waals surface area contributed by atoms with Gasteiger partial charge in [0.1, 0.15) is 0 Å². The van der Waals surface area contributed by atoms with Crippen LogP contribution in [0.25, 0.3) is 0 Å². The number of nitrogens with zero attached hydrogens (tertiary/aromatic N) is 1. The third kappa shape index (κ3) is 34.4. The minimum Gasteiger partial charge on any atom is -0.548 e. The number of carboxylic acids is 1. The fraction of sp³-hybridized carbons (Fsp3) is 0.975. The van der Waals surface area contributed by atoms with Crippen molar-refractivity contribution in [1.29, 1.82) is 0 Å². The summed E-state index contributed by atoms with van der Waals surface area (Å²) in [7, 11) is 0. The van der Waals surface area contributed by atoms with Crippen molar-refractivity contribution in [1.82, 2.24) is 4.90 Å². The van der Waals surface area contributed by atoms with E-state index in [0.29, 0.717) is 0 Å². The second-order valence-electron chi connectivity index (χ2n) is 13.9. The first-order chi connectivity index (χ1) is 21.2. The van der Waals surface area contributed by atoms with Gasteiger partial charge in [-0.1, -0.05) is 213 Å². The molecule has 44 heavy (non-hydrogen) atoms. The third-order valence-corrected chi connectivity index (χ3v) is 9.64. The zero-order valence-corrected chi connectivity index (χ0v) is 34.2. The van der Waals surface area contributed by atoms with Crippen molar-refractivity contribution in [2.45, 2.75) is 239 Å². The van der Waals surface area contributed by atoms with Crippen LogP contribution in [0.15, 0.2) is 0 Å². The van der Waals surface area contributed by atoms with Gasteiger partial charge in [0.05, 0.1) is 5.97 Å². The maximum atomic E-state index is 12.0. The van der Waals surface area contributed by atoms with Gasteiger partial charge in [0, 0.05) is 6.04 Å². The molecule has 4 heteroatoms. The van der Waals surface area contributed by atoms with Gasteiger partial charge in [0.25, 0.3) is 0 Å². The molecule has 0 amide bonds. The predicted molar refractivity (Wildman–Crippen MR) is 190 cm³/mol. The van der Waals surface area contributed by atoms with Gasteiger partial charge in [-0.2, -0.15) is 0 Å². The van der Waals surface area contributed by atoms with Gasteiger partial charge < -0.3 is 9.90 Å². The summed E-state index contributed by atoms with van der Waals surface area (Å²) in [5.41, 5.74) is 0. The van der Waals surface area contributed by atoms with E-state index in [2.05, 4.69) is 25.7 Å². The Morgan fingerprint density at radius 1 is 0.409 bits per heavy atom. The van der Waals surface area contributed by atoms with Crippen LogP contribution in [0.4, 0.5) is 0 Å². The first-order valence-electron chi connectivity index (χ1n) is 20.1. The molecule has 0 aliphatic carbocycles. The van der Waals surface area contributed by atoms with Crippen molar-refractivity contribution in [3.05, 3.63) is 0 Å². The van der Waals surface area contributed by atoms with Crippen molar-refractivity contribution in [2.75, 3.05) is 13.1 Å². The summed E-state index contributed by atoms with van der Waals surface area (Å²) in [5.74, 6) is -0.852. The van der Waals surface area contributed by atoms with Crippen LogP contribution in [0.5, 0.6) is 0 Å². The van der Waals surface area contributed by atoms with Crippen LogP contribution < -0.4 is 56.5 Å². The number of carbonyl (C=O) groups is 1. The number of unbranched alkanes of at least 4 members (excludes halogenated alkanes) is 29. The molecule has 258 valence electrons. The minimum absolute atomic E-state index is 0. The summed E-state index contributed by atoms with van der Waals surface area (Å²) in [5, 5.41) is 12.0. The fourth-order valence-electron chi connectivity index (χ4n) is 6.64. The number of carbonyl (C=O) groups excluding carboxylic acids is 1. The van der Waals surface area contributed by atoms with E-state index in [-0.39, 0.29) is 51.4 Å². The Hall–Kier alpha value is 1.07. The Morgan fingerprint density at radius 2 is 0.636 bits per heavy atom. The average Bonchev–Trinajstić information content (AvgIpc) is 3.00. The predicted octanol–water partition coefficient (Wildman–Crippen LogP) is 9.34. The van der Waals surface area contributed by atoms with Crippen LogP contribution in [0.2, 0.25) is 0 Å². The summed E-state index contributed by atoms with van der Waals surface area (Å²) in [6.45, 7) is 8.59. The van der Waals surface area contributed by atoms with Crippen molar-refractivity contribution in [2.24, 2.45) is 0 Å². The number of hydrogen-bond donors (Lipinski definition) is 0. The number of aliphatic carboxylic acids is 1. The molecule has 0 saturated heterocycles. The van der Waals surface area contributed by atoms with E-state index in [1.807, 2.05) is 0 Å². The smallest absolute Gasteiger partial charge is 0.548 e. The first kappa shape index (κ1) is 47.2. The summed E-state index contributed by atoms with van der Waals surface area (Å²) in [4.78, 5) is 14.3. The largest absolute Gasteiger partial charge is 1.00 e. The van der Waals surface area contributed by atoms with Gasteiger partial charge in [-0.15, -0.1) is 0 Å². The fourth-order valence-corrected chi connectivity index (χ4v) is 6.64. The molecule has 0 aromatic carbocycles. The Morgan fingerprint density at radius 3 is 0.864 bits per heavy atom. The molecule has 0 rings (SSSR count). The van der Waals surface area contributed by atoms with Crippen LogP contribution >= 0.6 is 0 Å². The molecular weight excluding hydrogens is 566 g/mol. The van der Waals surface area contributed by atoms with Crippen molar-refractivity contribution >= 4 is 5.97 Å². The van der Waals surface area contributed by atoms with Crippen LogP contribution in [0, 0.1) is 0 Å². The Balaban J connectivity index is 0. The molecule has 0 spiro atoms. The molecule has 0 aromatic heterocycles. The van der Waals surface area contributed by atoms with Gasteiger partial charge in [0.2, 0.25) is 0 Å². The van der Waals surface area contributed by atoms with E-state index < -0.39 is 12.0 Å². The Bertz CT molecular complexity index is 509. The van der Waals surface area contributed by atoms with Crippen LogP contribution in [0.1, 0.15) is 233 Å². The molecule has 0 aliphatic rings. The summed E-state index contributed by atoms with van der Waals surface area (Å²) in [6.07, 6.45) is 43.8. The molecule has 0 heterocycles. The van der Waals surface area contributed by atoms with Crippen LogP contribution in [0.3, 0.4) is 0 Å². The minimum atomic E-state index is -0.852. The number of rotatable bonds is 37. The molecule has 3 nitrogen and oxygen atoms in total. The van der Waals surface area contributed by atoms with Gasteiger partial charge in [0.15, 0.2) is 0 Å². The van der Waals surface area contributed by atoms with Gasteiger partial charge >= 0.3 is 51.4 Å². The molecule has 1 unspecified atom stereocenters. The number of hydrogen-bond acceptors (Lipinski definition) is 3. The summed E-state index contributed by atoms with van der Waals surface area (Å²) in [6, 6.07) is -0.391. The first-order valence-corrected chi connectivity index (χ1v) is 20.1. The van der Waals surface area contributed by atoms with Crippen molar-refractivity contribution in [3.63, 3.8) is 0 Å². The summed E-state index contributed by atoms with van der Waals surface area (Å²) >= 11 is 0. The molecule has 0 N–H and O–H groups in total. The van der Waals surface area contributed by atoms with Gasteiger partial charge in [-0.3, -0.25) is 4.90 Å². The molecule has 0 bridgehead atoms. The second kappa shape index (κ2) is 40.2. The molecule has 0 saturated carbocycles. The maximum Gasteiger partial charge on any atom is 1.00 e. The zero-order chi connectivity index (χ0) is 31.5. The molecule has 0 aromatic rings. The topological polar surface area (TPSA) is 43.4 Å². The average molecular weight is 646 g/mol. The molecule has 0 aliphatic heterocycles. The SMILES string of the molecule is CCCCCCCCCCCCCCCCCN(CCCCCCCCCCCCCCCCC)C(CCCC)C(=O)[O-].[K+]. The standard InChI is InChI=1S/C40H81NO2.K/c1-4-7-10-12-14-16-18-20-22-24-26-28-30-32-34-37-41(39(40(42)43)36-9-6-3)38-35-33-31-29-27-25-23-21-19-17-15-13-11-8-5-2;/h39H,4-38H2,1-3H3,(H,42,43);/q;+1/p-1. The summed E-state index contributed by atoms with van der Waals surface area (Å²) < 4.78 is 0. The van der Waals surface area contributed by atoms with Crippen LogP contribution in [-0.4, -0.2) is 30.0 Å². The zero-order valence-electron chi connectivity index (χ0n) is 31.1. The van der Waals surface area contributed by atoms with E-state index in [9.17, 15) is 9.90 Å². The maximum absolute atomic E-state index is 12.0. The van der Waals surface area contributed by atoms with Gasteiger partial charge in [-0.05, 0) is 32.4 Å². The normalized spacial score (nSPS) is 12.1. The van der Waals surface area contributed by atoms with E-state index in [4.69, 9.17) is 0 Å². The molecule has 1 atom stereocenters. The van der Waals surface area contributed by atoms with Crippen molar-refractivity contribution < 1.29 is 61.3 Å². The number of carboxylic acid groups (broad SMARTS) is 1.